The van der Waals surface area contributed by atoms with E-state index in [1.54, 1.807) is 20.9 Å². The maximum absolute atomic E-state index is 12.1. The van der Waals surface area contributed by atoms with Crippen LogP contribution in [0.3, 0.4) is 0 Å². The predicted octanol–water partition coefficient (Wildman–Crippen LogP) is 0.759. The topological polar surface area (TPSA) is 60.1 Å². The number of rotatable bonds is 5. The van der Waals surface area contributed by atoms with Crippen molar-refractivity contribution in [3.63, 3.8) is 0 Å². The van der Waals surface area contributed by atoms with Gasteiger partial charge in [-0.25, -0.2) is 14.2 Å². The lowest BCUT2D eigenvalue weighted by molar-refractivity contribution is 0.500. The fraction of sp³-hybridized carbons (Fsp3) is 0.750. The maximum Gasteiger partial charge on any atom is 0.355 e. The second kappa shape index (κ2) is 5.84. The van der Waals surface area contributed by atoms with E-state index >= 15 is 0 Å². The van der Waals surface area contributed by atoms with Gasteiger partial charge in [-0.2, -0.15) is 4.98 Å². The Kier molecular flexibility index (Phi) is 4.69. The normalized spacial score (nSPS) is 11.0. The van der Waals surface area contributed by atoms with E-state index in [0.29, 0.717) is 5.95 Å². The van der Waals surface area contributed by atoms with Gasteiger partial charge in [0.1, 0.15) is 0 Å². The highest BCUT2D eigenvalue weighted by Gasteiger charge is 2.14. The number of hydrogen-bond donors (Lipinski definition) is 0. The molecule has 0 bridgehead atoms. The highest BCUT2D eigenvalue weighted by molar-refractivity contribution is 5.27. The van der Waals surface area contributed by atoms with E-state index in [9.17, 15) is 9.59 Å². The molecule has 6 heteroatoms. The molecule has 0 aromatic carbocycles. The largest absolute Gasteiger partial charge is 0.355 e. The van der Waals surface area contributed by atoms with E-state index in [2.05, 4.69) is 11.9 Å². The molecule has 0 radical (unpaired) electrons. The van der Waals surface area contributed by atoms with Crippen LogP contribution < -0.4 is 16.3 Å². The monoisotopic (exact) mass is 254 g/mol. The van der Waals surface area contributed by atoms with Gasteiger partial charge in [0.25, 0.3) is 0 Å². The summed E-state index contributed by atoms with van der Waals surface area (Å²) < 4.78 is 2.59. The minimum absolute atomic E-state index is 0.182. The Morgan fingerprint density at radius 3 is 2.44 bits per heavy atom. The van der Waals surface area contributed by atoms with Crippen molar-refractivity contribution in [3.8, 4) is 0 Å². The molecule has 1 aromatic rings. The molecule has 1 rings (SSSR count). The molecule has 6 nitrogen and oxygen atoms in total. The molecule has 0 fully saturated rings. The third-order valence-electron chi connectivity index (χ3n) is 2.90. The lowest BCUT2D eigenvalue weighted by Crippen LogP contribution is -2.44. The fourth-order valence-corrected chi connectivity index (χ4v) is 1.82. The Morgan fingerprint density at radius 1 is 1.33 bits per heavy atom. The van der Waals surface area contributed by atoms with Crippen LogP contribution in [-0.4, -0.2) is 27.7 Å². The molecule has 0 aliphatic carbocycles. The average Bonchev–Trinajstić information content (AvgIpc) is 2.30. The third-order valence-corrected chi connectivity index (χ3v) is 2.90. The standard InChI is InChI=1S/C12H22N4O2/c1-6-7-8-14(4)10-13-11(17)16(9(2)3)12(18)15(10)5/h9H,6-8H2,1-5H3. The van der Waals surface area contributed by atoms with Gasteiger partial charge in [0.15, 0.2) is 0 Å². The molecule has 0 amide bonds. The van der Waals surface area contributed by atoms with Crippen LogP contribution in [0, 0.1) is 0 Å². The molecular weight excluding hydrogens is 232 g/mol. The zero-order valence-electron chi connectivity index (χ0n) is 11.8. The Morgan fingerprint density at radius 2 is 1.94 bits per heavy atom. The first-order valence-electron chi connectivity index (χ1n) is 6.30. The minimum Gasteiger partial charge on any atom is -0.345 e. The maximum atomic E-state index is 12.1. The van der Waals surface area contributed by atoms with Crippen molar-refractivity contribution in [2.24, 2.45) is 7.05 Å². The van der Waals surface area contributed by atoms with E-state index in [0.717, 1.165) is 24.0 Å². The van der Waals surface area contributed by atoms with Crippen molar-refractivity contribution in [2.45, 2.75) is 39.7 Å². The van der Waals surface area contributed by atoms with Gasteiger partial charge in [0.2, 0.25) is 5.95 Å². The molecule has 1 aromatic heterocycles. The van der Waals surface area contributed by atoms with Gasteiger partial charge in [-0.3, -0.25) is 4.57 Å². The predicted molar refractivity (Wildman–Crippen MR) is 72.3 cm³/mol. The number of anilines is 1. The van der Waals surface area contributed by atoms with Crippen molar-refractivity contribution < 1.29 is 0 Å². The molecule has 0 saturated carbocycles. The van der Waals surface area contributed by atoms with Crippen LogP contribution in [0.2, 0.25) is 0 Å². The number of nitrogens with zero attached hydrogens (tertiary/aromatic N) is 4. The van der Waals surface area contributed by atoms with E-state index in [-0.39, 0.29) is 11.7 Å². The molecule has 0 saturated heterocycles. The van der Waals surface area contributed by atoms with E-state index in [1.807, 2.05) is 11.9 Å². The molecule has 102 valence electrons. The quantitative estimate of drug-likeness (QED) is 0.778. The van der Waals surface area contributed by atoms with Crippen LogP contribution in [0.5, 0.6) is 0 Å². The summed E-state index contributed by atoms with van der Waals surface area (Å²) in [5, 5.41) is 0. The highest BCUT2D eigenvalue weighted by Crippen LogP contribution is 2.05. The molecular formula is C12H22N4O2. The summed E-state index contributed by atoms with van der Waals surface area (Å²) in [4.78, 5) is 29.8. The van der Waals surface area contributed by atoms with Crippen LogP contribution >= 0.6 is 0 Å². The smallest absolute Gasteiger partial charge is 0.345 e. The fourth-order valence-electron chi connectivity index (χ4n) is 1.82. The molecule has 0 aliphatic heterocycles. The zero-order valence-corrected chi connectivity index (χ0v) is 11.8. The first kappa shape index (κ1) is 14.5. The lowest BCUT2D eigenvalue weighted by Gasteiger charge is -2.21. The van der Waals surface area contributed by atoms with Crippen LogP contribution in [0.25, 0.3) is 0 Å². The van der Waals surface area contributed by atoms with Gasteiger partial charge >= 0.3 is 11.4 Å². The molecule has 0 spiro atoms. The second-order valence-electron chi connectivity index (χ2n) is 4.77. The summed E-state index contributed by atoms with van der Waals surface area (Å²) >= 11 is 0. The van der Waals surface area contributed by atoms with Crippen LogP contribution in [-0.2, 0) is 7.05 Å². The molecule has 0 atom stereocenters. The zero-order chi connectivity index (χ0) is 13.9. The first-order valence-corrected chi connectivity index (χ1v) is 6.30. The van der Waals surface area contributed by atoms with Crippen LogP contribution in [0.4, 0.5) is 5.95 Å². The lowest BCUT2D eigenvalue weighted by atomic mass is 10.3. The highest BCUT2D eigenvalue weighted by atomic mass is 16.2. The summed E-state index contributed by atoms with van der Waals surface area (Å²) in [5.74, 6) is 0.426. The van der Waals surface area contributed by atoms with E-state index < -0.39 is 5.69 Å². The summed E-state index contributed by atoms with van der Waals surface area (Å²) in [7, 11) is 3.49. The first-order chi connectivity index (χ1) is 8.40. The van der Waals surface area contributed by atoms with Crippen LogP contribution in [0.15, 0.2) is 9.59 Å². The Hall–Kier alpha value is -1.59. The van der Waals surface area contributed by atoms with Gasteiger partial charge in [0.05, 0.1) is 0 Å². The Bertz CT molecular complexity index is 516. The van der Waals surface area contributed by atoms with Gasteiger partial charge < -0.3 is 4.90 Å². The summed E-state index contributed by atoms with van der Waals surface area (Å²) in [6, 6.07) is -0.182. The summed E-state index contributed by atoms with van der Waals surface area (Å²) in [6.07, 6.45) is 2.06. The number of unbranched alkanes of at least 4 members (excludes halogenated alkanes) is 1. The van der Waals surface area contributed by atoms with Gasteiger partial charge in [0, 0.05) is 26.7 Å². The van der Waals surface area contributed by atoms with Gasteiger partial charge in [-0.1, -0.05) is 13.3 Å². The van der Waals surface area contributed by atoms with Crippen molar-refractivity contribution in [2.75, 3.05) is 18.5 Å². The van der Waals surface area contributed by atoms with Crippen LogP contribution in [0.1, 0.15) is 39.7 Å². The molecule has 1 heterocycles. The van der Waals surface area contributed by atoms with Crippen molar-refractivity contribution in [1.82, 2.24) is 14.1 Å². The summed E-state index contributed by atoms with van der Waals surface area (Å²) in [6.45, 7) is 6.47. The van der Waals surface area contributed by atoms with Gasteiger partial charge in [-0.05, 0) is 20.3 Å². The van der Waals surface area contributed by atoms with Crippen molar-refractivity contribution >= 4 is 5.95 Å². The third kappa shape index (κ3) is 2.80. The summed E-state index contributed by atoms with van der Waals surface area (Å²) in [5.41, 5.74) is -0.796. The molecule has 0 unspecified atom stereocenters. The molecule has 0 aliphatic rings. The Labute approximate surface area is 107 Å². The number of hydrogen-bond acceptors (Lipinski definition) is 4. The van der Waals surface area contributed by atoms with E-state index in [4.69, 9.17) is 0 Å². The van der Waals surface area contributed by atoms with Crippen molar-refractivity contribution in [3.05, 3.63) is 21.0 Å². The second-order valence-corrected chi connectivity index (χ2v) is 4.77. The van der Waals surface area contributed by atoms with E-state index in [1.165, 1.54) is 4.57 Å². The average molecular weight is 254 g/mol. The number of aromatic nitrogens is 3. The Balaban J connectivity index is 3.26. The van der Waals surface area contributed by atoms with Gasteiger partial charge in [-0.15, -0.1) is 0 Å². The SMILES string of the molecule is CCCCN(C)c1nc(=O)n(C(C)C)c(=O)n1C. The molecule has 18 heavy (non-hydrogen) atoms. The van der Waals surface area contributed by atoms with Crippen molar-refractivity contribution in [1.29, 1.82) is 0 Å². The minimum atomic E-state index is -0.480. The molecule has 0 N–H and O–H groups in total.